The zero-order valence-electron chi connectivity index (χ0n) is 17.1. The lowest BCUT2D eigenvalue weighted by Crippen LogP contribution is -2.40. The zero-order chi connectivity index (χ0) is 20.1. The van der Waals surface area contributed by atoms with E-state index in [0.29, 0.717) is 23.7 Å². The summed E-state index contributed by atoms with van der Waals surface area (Å²) in [6.07, 6.45) is 0. The maximum Gasteiger partial charge on any atom is 0.310 e. The van der Waals surface area contributed by atoms with Crippen LogP contribution >= 0.6 is 0 Å². The molecular weight excluding hydrogens is 352 g/mol. The Labute approximate surface area is 157 Å². The van der Waals surface area contributed by atoms with Gasteiger partial charge in [0.1, 0.15) is 11.5 Å². The van der Waals surface area contributed by atoms with E-state index < -0.39 is 20.2 Å². The van der Waals surface area contributed by atoms with Crippen molar-refractivity contribution in [2.24, 2.45) is 0 Å². The van der Waals surface area contributed by atoms with Crippen molar-refractivity contribution in [3.8, 4) is 11.5 Å². The molecule has 0 saturated carbocycles. The highest BCUT2D eigenvalue weighted by Crippen LogP contribution is 2.39. The standard InChI is InChI=1S/C19H32O6Si/c1-13(18(20)21)15-9-14(11-25-26(7,8)19(2,3)4)16(23-6)10-17(15)24-12-22-5/h9-10,13H,11-12H2,1-8H3,(H,20,21)/t13-/m0/s1. The Morgan fingerprint density at radius 1 is 1.19 bits per heavy atom. The Morgan fingerprint density at radius 2 is 1.81 bits per heavy atom. The molecule has 0 aliphatic carbocycles. The van der Waals surface area contributed by atoms with Crippen LogP contribution in [0, 0.1) is 0 Å². The predicted molar refractivity (Wildman–Crippen MR) is 104 cm³/mol. The monoisotopic (exact) mass is 384 g/mol. The van der Waals surface area contributed by atoms with Crippen LogP contribution in [0.25, 0.3) is 0 Å². The van der Waals surface area contributed by atoms with E-state index in [4.69, 9.17) is 18.6 Å². The van der Waals surface area contributed by atoms with Crippen LogP contribution < -0.4 is 9.47 Å². The van der Waals surface area contributed by atoms with Gasteiger partial charge in [-0.3, -0.25) is 4.79 Å². The molecule has 1 aromatic rings. The number of hydrogen-bond donors (Lipinski definition) is 1. The second-order valence-electron chi connectivity index (χ2n) is 7.86. The summed E-state index contributed by atoms with van der Waals surface area (Å²) in [4.78, 5) is 11.5. The van der Waals surface area contributed by atoms with Gasteiger partial charge in [-0.25, -0.2) is 0 Å². The summed E-state index contributed by atoms with van der Waals surface area (Å²) >= 11 is 0. The molecule has 0 unspecified atom stereocenters. The van der Waals surface area contributed by atoms with Gasteiger partial charge < -0.3 is 23.7 Å². The lowest BCUT2D eigenvalue weighted by Gasteiger charge is -2.36. The Bertz CT molecular complexity index is 621. The van der Waals surface area contributed by atoms with Crippen molar-refractivity contribution < 1.29 is 28.5 Å². The number of hydrogen-bond acceptors (Lipinski definition) is 5. The molecule has 0 fully saturated rings. The Balaban J connectivity index is 3.26. The number of rotatable bonds is 9. The van der Waals surface area contributed by atoms with Gasteiger partial charge in [-0.05, 0) is 31.1 Å². The quantitative estimate of drug-likeness (QED) is 0.503. The molecule has 6 nitrogen and oxygen atoms in total. The van der Waals surface area contributed by atoms with Gasteiger partial charge in [0, 0.05) is 24.3 Å². The molecule has 0 aliphatic rings. The summed E-state index contributed by atoms with van der Waals surface area (Å²) in [5.41, 5.74) is 1.38. The fraction of sp³-hybridized carbons (Fsp3) is 0.632. The van der Waals surface area contributed by atoms with Crippen LogP contribution in [0.4, 0.5) is 0 Å². The first kappa shape index (κ1) is 22.5. The molecule has 0 amide bonds. The number of carboxylic acid groups (broad SMARTS) is 1. The van der Waals surface area contributed by atoms with E-state index in [-0.39, 0.29) is 11.8 Å². The van der Waals surface area contributed by atoms with Gasteiger partial charge in [0.2, 0.25) is 0 Å². The number of benzene rings is 1. The van der Waals surface area contributed by atoms with Gasteiger partial charge >= 0.3 is 5.97 Å². The van der Waals surface area contributed by atoms with Crippen molar-refractivity contribution in [2.45, 2.75) is 58.4 Å². The van der Waals surface area contributed by atoms with Gasteiger partial charge in [0.15, 0.2) is 15.1 Å². The highest BCUT2D eigenvalue weighted by Gasteiger charge is 2.37. The Morgan fingerprint density at radius 3 is 2.27 bits per heavy atom. The molecule has 0 aromatic heterocycles. The summed E-state index contributed by atoms with van der Waals surface area (Å²) in [7, 11) is 1.14. The van der Waals surface area contributed by atoms with E-state index >= 15 is 0 Å². The summed E-state index contributed by atoms with van der Waals surface area (Å²) in [5.74, 6) is -0.598. The largest absolute Gasteiger partial charge is 0.496 e. The number of methoxy groups -OCH3 is 2. The predicted octanol–water partition coefficient (Wildman–Crippen LogP) is 4.39. The van der Waals surface area contributed by atoms with Crippen LogP contribution in [0.5, 0.6) is 11.5 Å². The van der Waals surface area contributed by atoms with Gasteiger partial charge in [0.25, 0.3) is 0 Å². The van der Waals surface area contributed by atoms with E-state index in [1.54, 1.807) is 26.2 Å². The highest BCUT2D eigenvalue weighted by atomic mass is 28.4. The van der Waals surface area contributed by atoms with Crippen LogP contribution in [0.15, 0.2) is 12.1 Å². The Hall–Kier alpha value is -1.57. The summed E-state index contributed by atoms with van der Waals surface area (Å²) < 4.78 is 22.3. The van der Waals surface area contributed by atoms with Crippen LogP contribution in [0.1, 0.15) is 44.7 Å². The molecule has 148 valence electrons. The minimum Gasteiger partial charge on any atom is -0.496 e. The minimum absolute atomic E-state index is 0.0301. The summed E-state index contributed by atoms with van der Waals surface area (Å²) in [6.45, 7) is 12.9. The van der Waals surface area contributed by atoms with Crippen molar-refractivity contribution in [2.75, 3.05) is 21.0 Å². The second kappa shape index (κ2) is 8.88. The first-order chi connectivity index (χ1) is 11.9. The molecule has 26 heavy (non-hydrogen) atoms. The molecule has 1 N–H and O–H groups in total. The van der Waals surface area contributed by atoms with Crippen molar-refractivity contribution in [1.82, 2.24) is 0 Å². The number of carbonyl (C=O) groups is 1. The second-order valence-corrected chi connectivity index (χ2v) is 12.7. The lowest BCUT2D eigenvalue weighted by molar-refractivity contribution is -0.138. The van der Waals surface area contributed by atoms with Crippen molar-refractivity contribution in [1.29, 1.82) is 0 Å². The van der Waals surface area contributed by atoms with Gasteiger partial charge in [-0.15, -0.1) is 0 Å². The fourth-order valence-corrected chi connectivity index (χ4v) is 3.07. The van der Waals surface area contributed by atoms with E-state index in [2.05, 4.69) is 33.9 Å². The first-order valence-electron chi connectivity index (χ1n) is 8.64. The van der Waals surface area contributed by atoms with Crippen molar-refractivity contribution in [3.63, 3.8) is 0 Å². The normalized spacial score (nSPS) is 13.4. The highest BCUT2D eigenvalue weighted by molar-refractivity contribution is 6.74. The molecule has 0 aliphatic heterocycles. The molecule has 1 aromatic carbocycles. The molecule has 0 spiro atoms. The molecule has 0 radical (unpaired) electrons. The van der Waals surface area contributed by atoms with Crippen LogP contribution in [-0.2, 0) is 20.6 Å². The molecule has 7 heteroatoms. The third kappa shape index (κ3) is 5.46. The molecule has 1 rings (SSSR count). The van der Waals surface area contributed by atoms with Gasteiger partial charge in [-0.2, -0.15) is 0 Å². The van der Waals surface area contributed by atoms with E-state index in [0.717, 1.165) is 5.56 Å². The first-order valence-corrected chi connectivity index (χ1v) is 11.5. The molecule has 0 bridgehead atoms. The SMILES string of the molecule is COCOc1cc(OC)c(CO[Si](C)(C)C(C)(C)C)cc1[C@H](C)C(=O)O. The van der Waals surface area contributed by atoms with Gasteiger partial charge in [-0.1, -0.05) is 20.8 Å². The maximum atomic E-state index is 11.5. The number of ether oxygens (including phenoxy) is 3. The summed E-state index contributed by atoms with van der Waals surface area (Å²) in [5, 5.41) is 9.51. The molecular formula is C19H32O6Si. The fourth-order valence-electron chi connectivity index (χ4n) is 2.12. The average Bonchev–Trinajstić information content (AvgIpc) is 2.56. The third-order valence-corrected chi connectivity index (χ3v) is 9.46. The smallest absolute Gasteiger partial charge is 0.310 e. The maximum absolute atomic E-state index is 11.5. The summed E-state index contributed by atoms with van der Waals surface area (Å²) in [6, 6.07) is 3.51. The molecule has 0 saturated heterocycles. The van der Waals surface area contributed by atoms with Crippen LogP contribution in [-0.4, -0.2) is 40.4 Å². The number of carboxylic acids is 1. The van der Waals surface area contributed by atoms with E-state index in [9.17, 15) is 9.90 Å². The minimum atomic E-state index is -1.95. The van der Waals surface area contributed by atoms with E-state index in [1.807, 2.05) is 0 Å². The Kier molecular flexibility index (Phi) is 7.67. The van der Waals surface area contributed by atoms with Crippen LogP contribution in [0.3, 0.4) is 0 Å². The number of aliphatic carboxylic acids is 1. The zero-order valence-corrected chi connectivity index (χ0v) is 18.1. The van der Waals surface area contributed by atoms with Crippen molar-refractivity contribution in [3.05, 3.63) is 23.3 Å². The average molecular weight is 385 g/mol. The van der Waals surface area contributed by atoms with Crippen LogP contribution in [0.2, 0.25) is 18.1 Å². The van der Waals surface area contributed by atoms with Crippen molar-refractivity contribution >= 4 is 14.3 Å². The molecule has 1 atom stereocenters. The molecule has 0 heterocycles. The topological polar surface area (TPSA) is 74.2 Å². The van der Waals surface area contributed by atoms with E-state index in [1.165, 1.54) is 7.11 Å². The third-order valence-electron chi connectivity index (χ3n) is 4.98. The lowest BCUT2D eigenvalue weighted by atomic mass is 9.97. The van der Waals surface area contributed by atoms with Gasteiger partial charge in [0.05, 0.1) is 19.6 Å².